The van der Waals surface area contributed by atoms with E-state index in [9.17, 15) is 4.79 Å². The second-order valence-corrected chi connectivity index (χ2v) is 5.07. The summed E-state index contributed by atoms with van der Waals surface area (Å²) in [6, 6.07) is 14.6. The number of nitrogens with one attached hydrogen (secondary N) is 1. The number of rotatable bonds is 5. The van der Waals surface area contributed by atoms with Gasteiger partial charge in [-0.1, -0.05) is 44.2 Å². The minimum atomic E-state index is -0.709. The summed E-state index contributed by atoms with van der Waals surface area (Å²) >= 11 is 0. The van der Waals surface area contributed by atoms with Gasteiger partial charge in [0.05, 0.1) is 6.21 Å². The zero-order chi connectivity index (χ0) is 15.9. The van der Waals surface area contributed by atoms with Crippen LogP contribution in [0.4, 0.5) is 4.79 Å². The molecule has 2 aromatic carbocycles. The molecule has 2 aromatic rings. The van der Waals surface area contributed by atoms with Gasteiger partial charge in [0.2, 0.25) is 0 Å². The number of urea groups is 1. The Labute approximate surface area is 129 Å². The number of primary amides is 1. The smallest absolute Gasteiger partial charge is 0.332 e. The predicted molar refractivity (Wildman–Crippen MR) is 87.4 cm³/mol. The fourth-order valence-corrected chi connectivity index (χ4v) is 2.01. The lowest BCUT2D eigenvalue weighted by Gasteiger charge is -2.14. The Morgan fingerprint density at radius 2 is 1.77 bits per heavy atom. The monoisotopic (exact) mass is 297 g/mol. The maximum atomic E-state index is 10.7. The molecule has 2 amide bonds. The van der Waals surface area contributed by atoms with E-state index in [0.717, 1.165) is 16.9 Å². The SMILES string of the molecule is CC(C)c1ccccc1Oc1ccccc1C=NNC(N)=O. The van der Waals surface area contributed by atoms with E-state index in [0.29, 0.717) is 11.7 Å². The van der Waals surface area contributed by atoms with E-state index in [1.54, 1.807) is 0 Å². The van der Waals surface area contributed by atoms with Gasteiger partial charge in [0, 0.05) is 5.56 Å². The number of hydrogen-bond donors (Lipinski definition) is 2. The number of hydrogen-bond acceptors (Lipinski definition) is 3. The molecule has 114 valence electrons. The van der Waals surface area contributed by atoms with Crippen molar-refractivity contribution in [1.29, 1.82) is 0 Å². The summed E-state index contributed by atoms with van der Waals surface area (Å²) in [5.41, 5.74) is 9.02. The molecule has 0 unspecified atom stereocenters. The van der Waals surface area contributed by atoms with Crippen molar-refractivity contribution in [2.24, 2.45) is 10.8 Å². The normalized spacial score (nSPS) is 10.9. The van der Waals surface area contributed by atoms with Crippen LogP contribution in [0.25, 0.3) is 0 Å². The first-order valence-corrected chi connectivity index (χ1v) is 7.02. The van der Waals surface area contributed by atoms with E-state index < -0.39 is 6.03 Å². The van der Waals surface area contributed by atoms with Crippen LogP contribution < -0.4 is 15.9 Å². The van der Waals surface area contributed by atoms with Crippen LogP contribution in [0.1, 0.15) is 30.9 Å². The van der Waals surface area contributed by atoms with Crippen LogP contribution in [0.5, 0.6) is 11.5 Å². The highest BCUT2D eigenvalue weighted by molar-refractivity contribution is 5.84. The Bertz CT molecular complexity index is 681. The third-order valence-corrected chi connectivity index (χ3v) is 3.06. The number of amides is 2. The van der Waals surface area contributed by atoms with Crippen molar-refractivity contribution >= 4 is 12.2 Å². The standard InChI is InChI=1S/C17H19N3O2/c1-12(2)14-8-4-6-10-16(14)22-15-9-5-3-7-13(15)11-19-20-17(18)21/h3-12H,1-2H3,(H3,18,20,21). The number of carbonyl (C=O) groups excluding carboxylic acids is 1. The molecule has 0 aliphatic heterocycles. The van der Waals surface area contributed by atoms with Crippen LogP contribution in [0.15, 0.2) is 53.6 Å². The Hall–Kier alpha value is -2.82. The number of benzene rings is 2. The largest absolute Gasteiger partial charge is 0.456 e. The Balaban J connectivity index is 2.27. The summed E-state index contributed by atoms with van der Waals surface area (Å²) in [6.07, 6.45) is 1.50. The molecule has 0 heterocycles. The molecule has 0 fully saturated rings. The third kappa shape index (κ3) is 4.09. The Morgan fingerprint density at radius 1 is 1.14 bits per heavy atom. The van der Waals surface area contributed by atoms with E-state index in [2.05, 4.69) is 24.4 Å². The van der Waals surface area contributed by atoms with Crippen LogP contribution >= 0.6 is 0 Å². The van der Waals surface area contributed by atoms with E-state index in [1.165, 1.54) is 6.21 Å². The summed E-state index contributed by atoms with van der Waals surface area (Å²) in [5.74, 6) is 1.82. The van der Waals surface area contributed by atoms with Crippen molar-refractivity contribution < 1.29 is 9.53 Å². The summed E-state index contributed by atoms with van der Waals surface area (Å²) in [7, 11) is 0. The first-order chi connectivity index (χ1) is 10.6. The molecule has 0 aliphatic rings. The second kappa shape index (κ2) is 7.26. The molecular weight excluding hydrogens is 278 g/mol. The van der Waals surface area contributed by atoms with Crippen molar-refractivity contribution in [3.05, 3.63) is 59.7 Å². The van der Waals surface area contributed by atoms with Gasteiger partial charge < -0.3 is 10.5 Å². The molecular formula is C17H19N3O2. The van der Waals surface area contributed by atoms with Gasteiger partial charge >= 0.3 is 6.03 Å². The van der Waals surface area contributed by atoms with Gasteiger partial charge in [-0.2, -0.15) is 5.10 Å². The van der Waals surface area contributed by atoms with Crippen molar-refractivity contribution in [1.82, 2.24) is 5.43 Å². The van der Waals surface area contributed by atoms with Crippen LogP contribution in [0.3, 0.4) is 0 Å². The molecule has 0 radical (unpaired) electrons. The number of para-hydroxylation sites is 2. The van der Waals surface area contributed by atoms with Crippen LogP contribution in [0, 0.1) is 0 Å². The Morgan fingerprint density at radius 3 is 2.45 bits per heavy atom. The second-order valence-electron chi connectivity index (χ2n) is 5.07. The zero-order valence-corrected chi connectivity index (χ0v) is 12.6. The van der Waals surface area contributed by atoms with Crippen molar-refractivity contribution in [2.75, 3.05) is 0 Å². The van der Waals surface area contributed by atoms with Gasteiger partial charge in [-0.05, 0) is 29.7 Å². The van der Waals surface area contributed by atoms with Gasteiger partial charge in [-0.15, -0.1) is 0 Å². The lowest BCUT2D eigenvalue weighted by atomic mass is 10.0. The van der Waals surface area contributed by atoms with Crippen molar-refractivity contribution in [3.63, 3.8) is 0 Å². The maximum Gasteiger partial charge on any atom is 0.332 e. The highest BCUT2D eigenvalue weighted by Crippen LogP contribution is 2.31. The molecule has 3 N–H and O–H groups in total. The van der Waals surface area contributed by atoms with Crippen molar-refractivity contribution in [3.8, 4) is 11.5 Å². The molecule has 5 heteroatoms. The van der Waals surface area contributed by atoms with Crippen LogP contribution in [-0.2, 0) is 0 Å². The summed E-state index contributed by atoms with van der Waals surface area (Å²) in [6.45, 7) is 4.23. The van der Waals surface area contributed by atoms with E-state index >= 15 is 0 Å². The zero-order valence-electron chi connectivity index (χ0n) is 12.6. The fraction of sp³-hybridized carbons (Fsp3) is 0.176. The number of nitrogens with zero attached hydrogens (tertiary/aromatic N) is 1. The lowest BCUT2D eigenvalue weighted by Crippen LogP contribution is -2.24. The molecule has 0 aliphatic carbocycles. The number of carbonyl (C=O) groups is 1. The first kappa shape index (κ1) is 15.6. The van der Waals surface area contributed by atoms with Gasteiger partial charge in [-0.25, -0.2) is 10.2 Å². The highest BCUT2D eigenvalue weighted by Gasteiger charge is 2.09. The van der Waals surface area contributed by atoms with E-state index in [4.69, 9.17) is 10.5 Å². The van der Waals surface area contributed by atoms with Crippen LogP contribution in [0.2, 0.25) is 0 Å². The summed E-state index contributed by atoms with van der Waals surface area (Å²) < 4.78 is 6.02. The molecule has 22 heavy (non-hydrogen) atoms. The fourth-order valence-electron chi connectivity index (χ4n) is 2.01. The Kier molecular flexibility index (Phi) is 5.14. The third-order valence-electron chi connectivity index (χ3n) is 3.06. The number of ether oxygens (including phenoxy) is 1. The quantitative estimate of drug-likeness (QED) is 0.653. The van der Waals surface area contributed by atoms with E-state index in [-0.39, 0.29) is 0 Å². The lowest BCUT2D eigenvalue weighted by molar-refractivity contribution is 0.249. The topological polar surface area (TPSA) is 76.7 Å². The average molecular weight is 297 g/mol. The van der Waals surface area contributed by atoms with Gasteiger partial charge in [0.25, 0.3) is 0 Å². The molecule has 0 bridgehead atoms. The molecule has 5 nitrogen and oxygen atoms in total. The molecule has 0 saturated heterocycles. The summed E-state index contributed by atoms with van der Waals surface area (Å²) in [5, 5.41) is 3.77. The molecule has 0 aromatic heterocycles. The van der Waals surface area contributed by atoms with Gasteiger partial charge in [0.15, 0.2) is 0 Å². The van der Waals surface area contributed by atoms with Crippen molar-refractivity contribution in [2.45, 2.75) is 19.8 Å². The predicted octanol–water partition coefficient (Wildman–Crippen LogP) is 3.60. The minimum Gasteiger partial charge on any atom is -0.456 e. The average Bonchev–Trinajstić information content (AvgIpc) is 2.49. The minimum absolute atomic E-state index is 0.355. The highest BCUT2D eigenvalue weighted by atomic mass is 16.5. The molecule has 0 spiro atoms. The number of hydrazone groups is 1. The molecule has 2 rings (SSSR count). The maximum absolute atomic E-state index is 10.7. The first-order valence-electron chi connectivity index (χ1n) is 7.02. The van der Waals surface area contributed by atoms with Gasteiger partial charge in [-0.3, -0.25) is 0 Å². The summed E-state index contributed by atoms with van der Waals surface area (Å²) in [4.78, 5) is 10.7. The van der Waals surface area contributed by atoms with Crippen LogP contribution in [-0.4, -0.2) is 12.2 Å². The number of nitrogens with two attached hydrogens (primary N) is 1. The molecule has 0 atom stereocenters. The molecule has 0 saturated carbocycles. The van der Waals surface area contributed by atoms with Gasteiger partial charge in [0.1, 0.15) is 11.5 Å². The van der Waals surface area contributed by atoms with E-state index in [1.807, 2.05) is 48.5 Å².